The van der Waals surface area contributed by atoms with Gasteiger partial charge in [0.2, 0.25) is 0 Å². The number of aromatic nitrogens is 2. The van der Waals surface area contributed by atoms with Crippen LogP contribution in [0.1, 0.15) is 24.5 Å². The van der Waals surface area contributed by atoms with Crippen LogP contribution >= 0.6 is 0 Å². The number of carbonyl (C=O) groups excluding carboxylic acids is 1. The minimum Gasteiger partial charge on any atom is -0.464 e. The van der Waals surface area contributed by atoms with E-state index in [0.717, 1.165) is 22.6 Å². The van der Waals surface area contributed by atoms with Gasteiger partial charge >= 0.3 is 6.03 Å². The molecule has 1 atom stereocenters. The maximum atomic E-state index is 12.0. The first-order chi connectivity index (χ1) is 10.1. The monoisotopic (exact) mass is 284 g/mol. The first-order valence-electron chi connectivity index (χ1n) is 6.69. The van der Waals surface area contributed by atoms with Crippen LogP contribution in [0.15, 0.2) is 47.1 Å². The zero-order valence-corrected chi connectivity index (χ0v) is 11.8. The second-order valence-electron chi connectivity index (χ2n) is 4.86. The van der Waals surface area contributed by atoms with Crippen LogP contribution in [0.2, 0.25) is 0 Å². The standard InChI is InChI=1S/C15H16N4O2/c1-10-7-8-14(21-10)11(2)17-15(20)18-19-9-16-12-5-3-4-6-13(12)19/h3-9,11H,1-2H3,(H2,17,18,20). The number of benzene rings is 1. The molecule has 2 N–H and O–H groups in total. The average molecular weight is 284 g/mol. The maximum absolute atomic E-state index is 12.0. The van der Waals surface area contributed by atoms with E-state index in [-0.39, 0.29) is 12.1 Å². The van der Waals surface area contributed by atoms with Gasteiger partial charge in [0.25, 0.3) is 0 Å². The average Bonchev–Trinajstić information content (AvgIpc) is 3.06. The summed E-state index contributed by atoms with van der Waals surface area (Å²) in [7, 11) is 0. The lowest BCUT2D eigenvalue weighted by molar-refractivity contribution is 0.245. The summed E-state index contributed by atoms with van der Waals surface area (Å²) >= 11 is 0. The molecular weight excluding hydrogens is 268 g/mol. The Morgan fingerprint density at radius 1 is 1.29 bits per heavy atom. The number of para-hydroxylation sites is 2. The number of nitrogens with one attached hydrogen (secondary N) is 2. The van der Waals surface area contributed by atoms with Gasteiger partial charge in [-0.2, -0.15) is 0 Å². The Balaban J connectivity index is 1.69. The Kier molecular flexibility index (Phi) is 3.35. The van der Waals surface area contributed by atoms with Gasteiger partial charge in [-0.1, -0.05) is 12.1 Å². The minimum atomic E-state index is -0.320. The van der Waals surface area contributed by atoms with Gasteiger partial charge in [-0.15, -0.1) is 0 Å². The van der Waals surface area contributed by atoms with Gasteiger partial charge in [-0.3, -0.25) is 0 Å². The van der Waals surface area contributed by atoms with E-state index in [9.17, 15) is 4.79 Å². The van der Waals surface area contributed by atoms with Crippen LogP contribution in [-0.2, 0) is 0 Å². The van der Waals surface area contributed by atoms with Crippen LogP contribution in [-0.4, -0.2) is 15.7 Å². The van der Waals surface area contributed by atoms with Gasteiger partial charge in [0.05, 0.1) is 17.1 Å². The van der Waals surface area contributed by atoms with Crippen LogP contribution in [0, 0.1) is 6.92 Å². The highest BCUT2D eigenvalue weighted by Gasteiger charge is 2.13. The summed E-state index contributed by atoms with van der Waals surface area (Å²) in [5.41, 5.74) is 4.40. The molecule has 1 aromatic carbocycles. The number of fused-ring (bicyclic) bond motifs is 1. The van der Waals surface area contributed by atoms with Crippen molar-refractivity contribution in [3.05, 3.63) is 54.2 Å². The second-order valence-corrected chi connectivity index (χ2v) is 4.86. The molecule has 3 rings (SSSR count). The van der Waals surface area contributed by atoms with Crippen molar-refractivity contribution >= 4 is 17.1 Å². The highest BCUT2D eigenvalue weighted by atomic mass is 16.3. The van der Waals surface area contributed by atoms with Crippen molar-refractivity contribution in [1.29, 1.82) is 0 Å². The Morgan fingerprint density at radius 3 is 2.86 bits per heavy atom. The summed E-state index contributed by atoms with van der Waals surface area (Å²) < 4.78 is 7.08. The van der Waals surface area contributed by atoms with Crippen molar-refractivity contribution in [3.8, 4) is 0 Å². The summed E-state index contributed by atoms with van der Waals surface area (Å²) in [5.74, 6) is 1.54. The Hall–Kier alpha value is -2.76. The molecule has 21 heavy (non-hydrogen) atoms. The Morgan fingerprint density at radius 2 is 2.10 bits per heavy atom. The third kappa shape index (κ3) is 2.74. The number of carbonyl (C=O) groups is 1. The fourth-order valence-electron chi connectivity index (χ4n) is 2.14. The molecular formula is C15H16N4O2. The predicted molar refractivity (Wildman–Crippen MR) is 79.5 cm³/mol. The molecule has 0 bridgehead atoms. The highest BCUT2D eigenvalue weighted by molar-refractivity contribution is 5.85. The zero-order chi connectivity index (χ0) is 14.8. The van der Waals surface area contributed by atoms with E-state index in [1.165, 1.54) is 0 Å². The fourth-order valence-corrected chi connectivity index (χ4v) is 2.14. The van der Waals surface area contributed by atoms with Gasteiger partial charge in [0.1, 0.15) is 17.8 Å². The molecule has 2 amide bonds. The van der Waals surface area contributed by atoms with E-state index in [1.807, 2.05) is 50.2 Å². The number of urea groups is 1. The molecule has 6 nitrogen and oxygen atoms in total. The molecule has 0 radical (unpaired) electrons. The van der Waals surface area contributed by atoms with E-state index in [1.54, 1.807) is 11.0 Å². The molecule has 0 aliphatic rings. The van der Waals surface area contributed by atoms with Crippen molar-refractivity contribution in [2.75, 3.05) is 5.43 Å². The number of aryl methyl sites for hydroxylation is 1. The first kappa shape index (κ1) is 13.2. The number of nitrogens with zero attached hydrogens (tertiary/aromatic N) is 2. The normalized spacial score (nSPS) is 12.3. The summed E-state index contributed by atoms with van der Waals surface area (Å²) in [6.45, 7) is 3.73. The largest absolute Gasteiger partial charge is 0.464 e. The Bertz CT molecular complexity index is 775. The number of hydrogen-bond acceptors (Lipinski definition) is 3. The topological polar surface area (TPSA) is 72.1 Å². The smallest absolute Gasteiger partial charge is 0.334 e. The summed E-state index contributed by atoms with van der Waals surface area (Å²) in [5, 5.41) is 2.82. The third-order valence-electron chi connectivity index (χ3n) is 3.21. The SMILES string of the molecule is Cc1ccc(C(C)NC(=O)Nn2cnc3ccccc32)o1. The quantitative estimate of drug-likeness (QED) is 0.776. The zero-order valence-electron chi connectivity index (χ0n) is 11.8. The molecule has 2 heterocycles. The van der Waals surface area contributed by atoms with E-state index in [4.69, 9.17) is 4.42 Å². The molecule has 0 aliphatic carbocycles. The van der Waals surface area contributed by atoms with Gasteiger partial charge in [-0.25, -0.2) is 19.9 Å². The van der Waals surface area contributed by atoms with Crippen molar-refractivity contribution in [3.63, 3.8) is 0 Å². The maximum Gasteiger partial charge on any atom is 0.334 e. The lowest BCUT2D eigenvalue weighted by atomic mass is 10.2. The number of rotatable bonds is 3. The van der Waals surface area contributed by atoms with Crippen molar-refractivity contribution in [1.82, 2.24) is 15.0 Å². The molecule has 108 valence electrons. The molecule has 0 aliphatic heterocycles. The Labute approximate surface area is 121 Å². The van der Waals surface area contributed by atoms with Crippen LogP contribution in [0.3, 0.4) is 0 Å². The second kappa shape index (κ2) is 5.32. The van der Waals surface area contributed by atoms with Crippen molar-refractivity contribution < 1.29 is 9.21 Å². The van der Waals surface area contributed by atoms with E-state index in [2.05, 4.69) is 15.7 Å². The molecule has 0 fully saturated rings. The number of imidazole rings is 1. The van der Waals surface area contributed by atoms with Crippen LogP contribution < -0.4 is 10.7 Å². The number of amides is 2. The molecule has 6 heteroatoms. The molecule has 1 unspecified atom stereocenters. The summed E-state index contributed by atoms with van der Waals surface area (Å²) in [6, 6.07) is 10.8. The first-order valence-corrected chi connectivity index (χ1v) is 6.69. The van der Waals surface area contributed by atoms with Crippen LogP contribution in [0.4, 0.5) is 4.79 Å². The predicted octanol–water partition coefficient (Wildman–Crippen LogP) is 2.95. The fraction of sp³-hybridized carbons (Fsp3) is 0.200. The van der Waals surface area contributed by atoms with Crippen LogP contribution in [0.5, 0.6) is 0 Å². The third-order valence-corrected chi connectivity index (χ3v) is 3.21. The van der Waals surface area contributed by atoms with E-state index >= 15 is 0 Å². The van der Waals surface area contributed by atoms with Crippen molar-refractivity contribution in [2.24, 2.45) is 0 Å². The van der Waals surface area contributed by atoms with Crippen molar-refractivity contribution in [2.45, 2.75) is 19.9 Å². The number of furan rings is 1. The molecule has 0 spiro atoms. The summed E-state index contributed by atoms with van der Waals surface area (Å²) in [4.78, 5) is 16.2. The van der Waals surface area contributed by atoms with Gasteiger partial charge in [0.15, 0.2) is 0 Å². The highest BCUT2D eigenvalue weighted by Crippen LogP contribution is 2.15. The van der Waals surface area contributed by atoms with Crippen LogP contribution in [0.25, 0.3) is 11.0 Å². The van der Waals surface area contributed by atoms with E-state index in [0.29, 0.717) is 0 Å². The molecule has 0 saturated heterocycles. The van der Waals surface area contributed by atoms with E-state index < -0.39 is 0 Å². The summed E-state index contributed by atoms with van der Waals surface area (Å²) in [6.07, 6.45) is 1.58. The minimum absolute atomic E-state index is 0.214. The molecule has 3 aromatic rings. The van der Waals surface area contributed by atoms with Gasteiger partial charge in [-0.05, 0) is 38.1 Å². The molecule has 0 saturated carbocycles. The van der Waals surface area contributed by atoms with Gasteiger partial charge < -0.3 is 9.73 Å². The number of hydrogen-bond donors (Lipinski definition) is 2. The van der Waals surface area contributed by atoms with Gasteiger partial charge in [0, 0.05) is 0 Å². The lowest BCUT2D eigenvalue weighted by Crippen LogP contribution is -2.35. The lowest BCUT2D eigenvalue weighted by Gasteiger charge is -2.13. The molecule has 2 aromatic heterocycles.